The standard InChI is InChI=1S/C8H14O3.Na/c1-2-3-4-7(9)5-6-8(10)11;/h5-7,9H,2-4H2,1H3,(H,10,11);/q;+1/p-1. The molecule has 0 aliphatic heterocycles. The van der Waals surface area contributed by atoms with E-state index in [9.17, 15) is 9.90 Å². The average Bonchev–Trinajstić information content (AvgIpc) is 1.97. The number of hydrogen-bond donors (Lipinski definition) is 1. The van der Waals surface area contributed by atoms with Crippen LogP contribution in [0.15, 0.2) is 12.2 Å². The van der Waals surface area contributed by atoms with E-state index >= 15 is 0 Å². The van der Waals surface area contributed by atoms with Crippen LogP contribution in [0.1, 0.15) is 26.2 Å². The minimum absolute atomic E-state index is 0. The van der Waals surface area contributed by atoms with Crippen LogP contribution in [0.2, 0.25) is 0 Å². The minimum Gasteiger partial charge on any atom is -0.545 e. The maximum absolute atomic E-state index is 9.87. The van der Waals surface area contributed by atoms with E-state index in [2.05, 4.69) is 0 Å². The molecule has 0 aliphatic carbocycles. The summed E-state index contributed by atoms with van der Waals surface area (Å²) in [5.74, 6) is -1.26. The van der Waals surface area contributed by atoms with E-state index in [4.69, 9.17) is 5.11 Å². The van der Waals surface area contributed by atoms with E-state index in [0.29, 0.717) is 6.42 Å². The van der Waals surface area contributed by atoms with Crippen molar-refractivity contribution in [3.05, 3.63) is 12.2 Å². The molecular formula is C8H13NaO3. The zero-order valence-corrected chi connectivity index (χ0v) is 9.62. The molecule has 0 spiro atoms. The van der Waals surface area contributed by atoms with Crippen LogP contribution in [0.25, 0.3) is 0 Å². The average molecular weight is 180 g/mol. The summed E-state index contributed by atoms with van der Waals surface area (Å²) in [5.41, 5.74) is 0. The molecule has 0 radical (unpaired) electrons. The van der Waals surface area contributed by atoms with Crippen molar-refractivity contribution in [2.45, 2.75) is 32.3 Å². The summed E-state index contributed by atoms with van der Waals surface area (Å²) in [6.07, 6.45) is 3.97. The summed E-state index contributed by atoms with van der Waals surface area (Å²) in [7, 11) is 0. The van der Waals surface area contributed by atoms with Crippen molar-refractivity contribution in [2.24, 2.45) is 0 Å². The van der Waals surface area contributed by atoms with E-state index in [1.807, 2.05) is 6.92 Å². The first-order valence-corrected chi connectivity index (χ1v) is 3.74. The molecule has 0 saturated carbocycles. The summed E-state index contributed by atoms with van der Waals surface area (Å²) in [5, 5.41) is 18.9. The Morgan fingerprint density at radius 3 is 2.67 bits per heavy atom. The molecule has 0 heterocycles. The zero-order chi connectivity index (χ0) is 8.69. The Labute approximate surface area is 94.8 Å². The smallest absolute Gasteiger partial charge is 0.545 e. The van der Waals surface area contributed by atoms with Gasteiger partial charge in [-0.3, -0.25) is 0 Å². The molecule has 0 amide bonds. The van der Waals surface area contributed by atoms with Gasteiger partial charge in [0.15, 0.2) is 0 Å². The first kappa shape index (κ1) is 14.7. The molecule has 1 atom stereocenters. The SMILES string of the molecule is CCCCC(O)C=CC(=O)[O-].[Na+]. The molecule has 0 bridgehead atoms. The van der Waals surface area contributed by atoms with Crippen molar-refractivity contribution in [2.75, 3.05) is 0 Å². The molecule has 0 aliphatic rings. The Morgan fingerprint density at radius 2 is 2.25 bits per heavy atom. The number of aliphatic hydroxyl groups excluding tert-OH is 1. The fourth-order valence-electron chi connectivity index (χ4n) is 0.699. The first-order valence-electron chi connectivity index (χ1n) is 3.74. The molecule has 1 N–H and O–H groups in total. The Kier molecular flexibility index (Phi) is 11.3. The topological polar surface area (TPSA) is 60.4 Å². The van der Waals surface area contributed by atoms with E-state index in [0.717, 1.165) is 18.9 Å². The van der Waals surface area contributed by atoms with Crippen molar-refractivity contribution in [1.82, 2.24) is 0 Å². The minimum atomic E-state index is -1.26. The van der Waals surface area contributed by atoms with Crippen LogP contribution in [0.4, 0.5) is 0 Å². The second kappa shape index (κ2) is 9.26. The van der Waals surface area contributed by atoms with Gasteiger partial charge >= 0.3 is 29.6 Å². The van der Waals surface area contributed by atoms with Crippen molar-refractivity contribution >= 4 is 5.97 Å². The van der Waals surface area contributed by atoms with Gasteiger partial charge in [-0.1, -0.05) is 25.8 Å². The number of carbonyl (C=O) groups is 1. The fraction of sp³-hybridized carbons (Fsp3) is 0.625. The Morgan fingerprint density at radius 1 is 1.67 bits per heavy atom. The maximum Gasteiger partial charge on any atom is 1.00 e. The molecule has 0 fully saturated rings. The van der Waals surface area contributed by atoms with Crippen LogP contribution in [0, 0.1) is 0 Å². The number of carbonyl (C=O) groups excluding carboxylic acids is 1. The third-order valence-corrected chi connectivity index (χ3v) is 1.31. The van der Waals surface area contributed by atoms with Gasteiger partial charge in [-0.05, 0) is 12.5 Å². The number of aliphatic carboxylic acids is 1. The summed E-state index contributed by atoms with van der Waals surface area (Å²) < 4.78 is 0. The summed E-state index contributed by atoms with van der Waals surface area (Å²) in [4.78, 5) is 9.87. The molecule has 0 rings (SSSR count). The van der Waals surface area contributed by atoms with E-state index in [1.165, 1.54) is 6.08 Å². The monoisotopic (exact) mass is 180 g/mol. The van der Waals surface area contributed by atoms with Crippen LogP contribution in [-0.2, 0) is 4.79 Å². The molecule has 64 valence electrons. The van der Waals surface area contributed by atoms with Gasteiger partial charge in [0.25, 0.3) is 0 Å². The van der Waals surface area contributed by atoms with E-state index in [-0.39, 0.29) is 29.6 Å². The first-order chi connectivity index (χ1) is 5.16. The van der Waals surface area contributed by atoms with Gasteiger partial charge in [-0.15, -0.1) is 0 Å². The summed E-state index contributed by atoms with van der Waals surface area (Å²) in [6, 6.07) is 0. The van der Waals surface area contributed by atoms with E-state index in [1.54, 1.807) is 0 Å². The van der Waals surface area contributed by atoms with Crippen LogP contribution < -0.4 is 34.7 Å². The summed E-state index contributed by atoms with van der Waals surface area (Å²) >= 11 is 0. The second-order valence-electron chi connectivity index (χ2n) is 2.39. The molecule has 1 unspecified atom stereocenters. The largest absolute Gasteiger partial charge is 1.00 e. The van der Waals surface area contributed by atoms with Crippen LogP contribution in [0.5, 0.6) is 0 Å². The predicted octanol–water partition coefficient (Wildman–Crippen LogP) is -3.15. The molecule has 0 aromatic rings. The molecule has 0 aromatic carbocycles. The quantitative estimate of drug-likeness (QED) is 0.359. The van der Waals surface area contributed by atoms with Crippen molar-refractivity contribution < 1.29 is 44.6 Å². The number of hydrogen-bond acceptors (Lipinski definition) is 3. The third kappa shape index (κ3) is 10.2. The van der Waals surface area contributed by atoms with Gasteiger partial charge in [-0.25, -0.2) is 0 Å². The van der Waals surface area contributed by atoms with Gasteiger partial charge in [0.2, 0.25) is 0 Å². The van der Waals surface area contributed by atoms with Crippen molar-refractivity contribution in [3.63, 3.8) is 0 Å². The zero-order valence-electron chi connectivity index (χ0n) is 7.62. The Bertz CT molecular complexity index is 145. The number of carboxylic acid groups (broad SMARTS) is 1. The van der Waals surface area contributed by atoms with Crippen molar-refractivity contribution in [3.8, 4) is 0 Å². The molecule has 3 nitrogen and oxygen atoms in total. The van der Waals surface area contributed by atoms with Crippen molar-refractivity contribution in [1.29, 1.82) is 0 Å². The van der Waals surface area contributed by atoms with Gasteiger partial charge in [0.05, 0.1) is 12.1 Å². The van der Waals surface area contributed by atoms with Gasteiger partial charge < -0.3 is 15.0 Å². The Balaban J connectivity index is 0. The number of rotatable bonds is 5. The predicted molar refractivity (Wildman–Crippen MR) is 39.7 cm³/mol. The van der Waals surface area contributed by atoms with Crippen LogP contribution >= 0.6 is 0 Å². The van der Waals surface area contributed by atoms with Gasteiger partial charge in [0, 0.05) is 0 Å². The molecule has 12 heavy (non-hydrogen) atoms. The second-order valence-corrected chi connectivity index (χ2v) is 2.39. The number of unbranched alkanes of at least 4 members (excludes halogenated alkanes) is 1. The third-order valence-electron chi connectivity index (χ3n) is 1.31. The fourth-order valence-corrected chi connectivity index (χ4v) is 0.699. The van der Waals surface area contributed by atoms with E-state index < -0.39 is 12.1 Å². The van der Waals surface area contributed by atoms with Crippen LogP contribution in [0.3, 0.4) is 0 Å². The normalized spacial score (nSPS) is 12.5. The Hall–Kier alpha value is 0.170. The maximum atomic E-state index is 9.87. The number of carboxylic acids is 1. The number of aliphatic hydroxyl groups is 1. The molecule has 0 saturated heterocycles. The van der Waals surface area contributed by atoms with Gasteiger partial charge in [0.1, 0.15) is 0 Å². The van der Waals surface area contributed by atoms with Gasteiger partial charge in [-0.2, -0.15) is 0 Å². The molecule has 0 aromatic heterocycles. The summed E-state index contributed by atoms with van der Waals surface area (Å²) in [6.45, 7) is 2.01. The van der Waals surface area contributed by atoms with Crippen LogP contribution in [-0.4, -0.2) is 17.2 Å². The molecular weight excluding hydrogens is 167 g/mol. The molecule has 4 heteroatoms.